The average Bonchev–Trinajstić information content (AvgIpc) is 2.96. The van der Waals surface area contributed by atoms with Crippen LogP contribution in [0.2, 0.25) is 0 Å². The smallest absolute Gasteiger partial charge is 0.0738 e. The third-order valence-corrected chi connectivity index (χ3v) is 6.45. The molecule has 24 heavy (non-hydrogen) atoms. The van der Waals surface area contributed by atoms with E-state index in [0.717, 1.165) is 30.7 Å². The van der Waals surface area contributed by atoms with E-state index in [9.17, 15) is 10.2 Å². The summed E-state index contributed by atoms with van der Waals surface area (Å²) in [5.41, 5.74) is 10.1. The number of allylic oxidation sites excluding steroid dienone is 3. The van der Waals surface area contributed by atoms with Gasteiger partial charge in [-0.25, -0.2) is 0 Å². The molecule has 1 saturated carbocycles. The van der Waals surface area contributed by atoms with Crippen LogP contribution in [0.3, 0.4) is 0 Å². The first kappa shape index (κ1) is 17.5. The Kier molecular flexibility index (Phi) is 4.52. The van der Waals surface area contributed by atoms with E-state index in [2.05, 4.69) is 46.5 Å². The van der Waals surface area contributed by atoms with Crippen molar-refractivity contribution in [1.82, 2.24) is 4.98 Å². The van der Waals surface area contributed by atoms with Gasteiger partial charge in [0.05, 0.1) is 18.1 Å². The van der Waals surface area contributed by atoms with E-state index in [0.29, 0.717) is 0 Å². The predicted molar refractivity (Wildman–Crippen MR) is 98.2 cm³/mol. The molecule has 1 aromatic heterocycles. The molecule has 0 saturated heterocycles. The van der Waals surface area contributed by atoms with E-state index in [1.54, 1.807) is 0 Å². The number of aromatic amines is 1. The van der Waals surface area contributed by atoms with E-state index in [-0.39, 0.29) is 11.8 Å². The maximum Gasteiger partial charge on any atom is 0.0738 e. The predicted octanol–water partition coefficient (Wildman–Crippen LogP) is 4.08. The molecule has 0 amide bonds. The second kappa shape index (κ2) is 6.20. The van der Waals surface area contributed by atoms with E-state index in [1.807, 2.05) is 0 Å². The molecule has 0 radical (unpaired) electrons. The van der Waals surface area contributed by atoms with Crippen LogP contribution < -0.4 is 0 Å². The van der Waals surface area contributed by atoms with Gasteiger partial charge in [-0.1, -0.05) is 25.0 Å². The third-order valence-electron chi connectivity index (χ3n) is 6.45. The summed E-state index contributed by atoms with van der Waals surface area (Å²) < 4.78 is 0. The second-order valence-corrected chi connectivity index (χ2v) is 7.59. The summed E-state index contributed by atoms with van der Waals surface area (Å²) in [6.07, 6.45) is 1.90. The number of rotatable bonds is 4. The number of aliphatic hydroxyl groups excluding tert-OH is 2. The summed E-state index contributed by atoms with van der Waals surface area (Å²) in [6, 6.07) is 0. The number of aliphatic hydroxyl groups is 2. The Hall–Kier alpha value is -1.32. The van der Waals surface area contributed by atoms with Crippen LogP contribution in [0.4, 0.5) is 0 Å². The Morgan fingerprint density at radius 2 is 1.58 bits per heavy atom. The third kappa shape index (κ3) is 2.33. The number of aryl methyl sites for hydroxylation is 1. The first-order chi connectivity index (χ1) is 11.3. The molecule has 1 heterocycles. The van der Waals surface area contributed by atoms with E-state index in [4.69, 9.17) is 0 Å². The zero-order valence-electron chi connectivity index (χ0n) is 15.8. The molecule has 1 aromatic rings. The van der Waals surface area contributed by atoms with Crippen LogP contribution in [0.15, 0.2) is 22.3 Å². The van der Waals surface area contributed by atoms with Gasteiger partial charge in [0.1, 0.15) is 0 Å². The molecule has 0 aromatic carbocycles. The van der Waals surface area contributed by atoms with Crippen LogP contribution >= 0.6 is 0 Å². The highest BCUT2D eigenvalue weighted by Gasteiger charge is 2.53. The molecule has 3 nitrogen and oxygen atoms in total. The molecule has 2 atom stereocenters. The molecule has 2 aliphatic carbocycles. The fourth-order valence-corrected chi connectivity index (χ4v) is 5.11. The summed E-state index contributed by atoms with van der Waals surface area (Å²) in [4.78, 5) is 3.43. The van der Waals surface area contributed by atoms with Crippen LogP contribution in [-0.4, -0.2) is 27.4 Å². The molecule has 0 spiro atoms. The van der Waals surface area contributed by atoms with Gasteiger partial charge in [-0.3, -0.25) is 0 Å². The van der Waals surface area contributed by atoms with Gasteiger partial charge in [0.25, 0.3) is 0 Å². The monoisotopic (exact) mass is 329 g/mol. The Morgan fingerprint density at radius 3 is 2.04 bits per heavy atom. The van der Waals surface area contributed by atoms with Gasteiger partial charge in [0.2, 0.25) is 0 Å². The van der Waals surface area contributed by atoms with Crippen molar-refractivity contribution < 1.29 is 10.2 Å². The van der Waals surface area contributed by atoms with Gasteiger partial charge in [-0.2, -0.15) is 0 Å². The number of nitrogens with one attached hydrogen (secondary N) is 1. The largest absolute Gasteiger partial charge is 0.392 e. The van der Waals surface area contributed by atoms with Gasteiger partial charge in [0, 0.05) is 17.3 Å². The molecule has 2 unspecified atom stereocenters. The molecular formula is C21H31NO2. The Bertz CT molecular complexity index is 712. The number of hydrogen-bond acceptors (Lipinski definition) is 2. The molecular weight excluding hydrogens is 298 g/mol. The van der Waals surface area contributed by atoms with Crippen molar-refractivity contribution in [3.63, 3.8) is 0 Å². The molecule has 0 bridgehead atoms. The van der Waals surface area contributed by atoms with Gasteiger partial charge >= 0.3 is 0 Å². The number of aromatic nitrogens is 1. The highest BCUT2D eigenvalue weighted by molar-refractivity contribution is 5.49. The summed E-state index contributed by atoms with van der Waals surface area (Å²) in [6.45, 7) is 12.8. The van der Waals surface area contributed by atoms with Crippen LogP contribution in [0, 0.1) is 19.8 Å². The summed E-state index contributed by atoms with van der Waals surface area (Å²) in [5, 5.41) is 21.8. The molecule has 3 rings (SSSR count). The Morgan fingerprint density at radius 1 is 0.958 bits per heavy atom. The number of hydrogen-bond donors (Lipinski definition) is 3. The van der Waals surface area contributed by atoms with Gasteiger partial charge in [0.15, 0.2) is 0 Å². The van der Waals surface area contributed by atoms with E-state index in [1.165, 1.54) is 33.4 Å². The lowest BCUT2D eigenvalue weighted by Crippen LogP contribution is -2.54. The quantitative estimate of drug-likeness (QED) is 0.780. The second-order valence-electron chi connectivity index (χ2n) is 7.59. The maximum atomic E-state index is 10.9. The first-order valence-electron chi connectivity index (χ1n) is 9.26. The summed E-state index contributed by atoms with van der Waals surface area (Å²) in [7, 11) is 0. The van der Waals surface area contributed by atoms with E-state index < -0.39 is 12.2 Å². The SMILES string of the molecule is CCC1=C(C)CC(C2C(O)C(c3[nH]c(C)c(CC)c3C)C2O)=C1C. The van der Waals surface area contributed by atoms with Gasteiger partial charge in [-0.15, -0.1) is 0 Å². The van der Waals surface area contributed by atoms with Crippen molar-refractivity contribution in [2.24, 2.45) is 5.92 Å². The Balaban J connectivity index is 1.88. The zero-order valence-corrected chi connectivity index (χ0v) is 15.8. The molecule has 3 N–H and O–H groups in total. The minimum absolute atomic E-state index is 0.123. The fraction of sp³-hybridized carbons (Fsp3) is 0.619. The van der Waals surface area contributed by atoms with Crippen molar-refractivity contribution >= 4 is 0 Å². The average molecular weight is 329 g/mol. The summed E-state index contributed by atoms with van der Waals surface area (Å²) in [5.74, 6) is -0.317. The Labute approximate surface area is 145 Å². The highest BCUT2D eigenvalue weighted by Crippen LogP contribution is 2.51. The van der Waals surface area contributed by atoms with Crippen LogP contribution in [0.5, 0.6) is 0 Å². The van der Waals surface area contributed by atoms with Crippen molar-refractivity contribution in [2.45, 2.75) is 78.9 Å². The molecule has 132 valence electrons. The first-order valence-corrected chi connectivity index (χ1v) is 9.26. The fourth-order valence-electron chi connectivity index (χ4n) is 5.11. The molecule has 3 heteroatoms. The van der Waals surface area contributed by atoms with Crippen molar-refractivity contribution in [2.75, 3.05) is 0 Å². The van der Waals surface area contributed by atoms with Gasteiger partial charge in [-0.05, 0) is 69.2 Å². The van der Waals surface area contributed by atoms with Gasteiger partial charge < -0.3 is 15.2 Å². The van der Waals surface area contributed by atoms with Crippen LogP contribution in [0.25, 0.3) is 0 Å². The van der Waals surface area contributed by atoms with Crippen molar-refractivity contribution in [3.05, 3.63) is 44.8 Å². The molecule has 2 aliphatic rings. The maximum absolute atomic E-state index is 10.9. The normalized spacial score (nSPS) is 30.3. The van der Waals surface area contributed by atoms with Crippen molar-refractivity contribution in [1.29, 1.82) is 0 Å². The van der Waals surface area contributed by atoms with E-state index >= 15 is 0 Å². The summed E-state index contributed by atoms with van der Waals surface area (Å²) >= 11 is 0. The molecule has 0 aliphatic heterocycles. The van der Waals surface area contributed by atoms with Crippen LogP contribution in [0.1, 0.15) is 69.0 Å². The molecule has 1 fully saturated rings. The topological polar surface area (TPSA) is 56.2 Å². The lowest BCUT2D eigenvalue weighted by Gasteiger charge is -2.47. The highest BCUT2D eigenvalue weighted by atomic mass is 16.3. The lowest BCUT2D eigenvalue weighted by molar-refractivity contribution is -0.101. The minimum Gasteiger partial charge on any atom is -0.392 e. The lowest BCUT2D eigenvalue weighted by atomic mass is 9.63. The standard InChI is InChI=1S/C21H31NO2/c1-7-14-10(3)9-16(11(14)4)17-20(23)18(21(17)24)19-12(5)15(8-2)13(6)22-19/h17-18,20-24H,7-9H2,1-6H3. The zero-order chi connectivity index (χ0) is 17.8. The minimum atomic E-state index is -0.504. The van der Waals surface area contributed by atoms with Crippen molar-refractivity contribution in [3.8, 4) is 0 Å². The number of H-pyrrole nitrogens is 1. The van der Waals surface area contributed by atoms with Crippen LogP contribution in [-0.2, 0) is 6.42 Å².